The van der Waals surface area contributed by atoms with Crippen LogP contribution in [0.5, 0.6) is 5.75 Å². The number of rotatable bonds is 6. The van der Waals surface area contributed by atoms with Crippen LogP contribution < -0.4 is 10.1 Å². The first-order valence-corrected chi connectivity index (χ1v) is 8.39. The van der Waals surface area contributed by atoms with Crippen LogP contribution in [0, 0.1) is 19.8 Å². The third-order valence-electron chi connectivity index (χ3n) is 4.45. The van der Waals surface area contributed by atoms with Crippen LogP contribution in [0.15, 0.2) is 18.2 Å². The summed E-state index contributed by atoms with van der Waals surface area (Å²) >= 11 is 0. The van der Waals surface area contributed by atoms with Crippen LogP contribution in [0.1, 0.15) is 30.9 Å². The third kappa shape index (κ3) is 4.86. The van der Waals surface area contributed by atoms with E-state index in [0.29, 0.717) is 19.7 Å². The first kappa shape index (κ1) is 17.6. The topological polar surface area (TPSA) is 61.8 Å². The van der Waals surface area contributed by atoms with Gasteiger partial charge in [-0.2, -0.15) is 0 Å². The zero-order chi connectivity index (χ0) is 16.8. The number of likely N-dealkylation sites (tertiary alicyclic amines) is 1. The van der Waals surface area contributed by atoms with E-state index < -0.39 is 0 Å². The van der Waals surface area contributed by atoms with Crippen molar-refractivity contribution in [2.75, 3.05) is 26.2 Å². The van der Waals surface area contributed by atoms with Gasteiger partial charge >= 0.3 is 6.03 Å². The number of nitrogens with one attached hydrogen (secondary N) is 1. The molecule has 0 aliphatic carbocycles. The molecule has 1 aromatic carbocycles. The molecule has 2 rings (SSSR count). The summed E-state index contributed by atoms with van der Waals surface area (Å²) in [7, 11) is 0. The van der Waals surface area contributed by atoms with E-state index in [4.69, 9.17) is 4.74 Å². The number of aliphatic hydroxyl groups excluding tert-OH is 1. The van der Waals surface area contributed by atoms with Gasteiger partial charge in [0.1, 0.15) is 5.75 Å². The van der Waals surface area contributed by atoms with Crippen molar-refractivity contribution in [3.05, 3.63) is 29.3 Å². The number of ether oxygens (including phenoxy) is 1. The van der Waals surface area contributed by atoms with Gasteiger partial charge in [0, 0.05) is 25.6 Å². The van der Waals surface area contributed by atoms with Crippen molar-refractivity contribution >= 4 is 6.03 Å². The molecule has 2 amide bonds. The number of carbonyl (C=O) groups excluding carboxylic acids is 1. The molecule has 0 saturated carbocycles. The zero-order valence-electron chi connectivity index (χ0n) is 14.3. The van der Waals surface area contributed by atoms with Gasteiger partial charge in [-0.1, -0.05) is 18.2 Å². The fraction of sp³-hybridized carbons (Fsp3) is 0.611. The van der Waals surface area contributed by atoms with Crippen LogP contribution in [-0.2, 0) is 0 Å². The minimum Gasteiger partial charge on any atom is -0.493 e. The molecule has 0 aromatic heterocycles. The monoisotopic (exact) mass is 320 g/mol. The third-order valence-corrected chi connectivity index (χ3v) is 4.45. The molecule has 0 spiro atoms. The Hall–Kier alpha value is -1.75. The van der Waals surface area contributed by atoms with Gasteiger partial charge in [0.05, 0.1) is 12.7 Å². The normalized spacial score (nSPS) is 18.8. The second-order valence-electron chi connectivity index (χ2n) is 6.39. The highest BCUT2D eigenvalue weighted by molar-refractivity contribution is 5.74. The van der Waals surface area contributed by atoms with Crippen LogP contribution >= 0.6 is 0 Å². The van der Waals surface area contributed by atoms with Crippen molar-refractivity contribution < 1.29 is 14.6 Å². The van der Waals surface area contributed by atoms with E-state index in [1.165, 1.54) is 0 Å². The van der Waals surface area contributed by atoms with Crippen LogP contribution in [0.3, 0.4) is 0 Å². The summed E-state index contributed by atoms with van der Waals surface area (Å²) in [4.78, 5) is 13.8. The summed E-state index contributed by atoms with van der Waals surface area (Å²) in [6.07, 6.45) is 1.30. The molecule has 1 aliphatic rings. The van der Waals surface area contributed by atoms with E-state index in [-0.39, 0.29) is 18.1 Å². The first-order valence-electron chi connectivity index (χ1n) is 8.39. The Morgan fingerprint density at radius 2 is 2.13 bits per heavy atom. The van der Waals surface area contributed by atoms with E-state index in [0.717, 1.165) is 36.3 Å². The average molecular weight is 320 g/mol. The molecule has 23 heavy (non-hydrogen) atoms. The molecule has 1 fully saturated rings. The van der Waals surface area contributed by atoms with Crippen LogP contribution in [0.25, 0.3) is 0 Å². The summed E-state index contributed by atoms with van der Waals surface area (Å²) in [5.74, 6) is 1.14. The van der Waals surface area contributed by atoms with Crippen LogP contribution in [0.2, 0.25) is 0 Å². The number of urea groups is 1. The number of aliphatic hydroxyl groups is 1. The average Bonchev–Trinajstić information content (AvgIpc) is 2.99. The molecule has 0 bridgehead atoms. The number of hydrogen-bond donors (Lipinski definition) is 2. The Balaban J connectivity index is 1.65. The summed E-state index contributed by atoms with van der Waals surface area (Å²) in [5, 5.41) is 12.5. The Labute approximate surface area is 138 Å². The molecular weight excluding hydrogens is 292 g/mol. The van der Waals surface area contributed by atoms with Crippen LogP contribution in [0.4, 0.5) is 4.79 Å². The summed E-state index contributed by atoms with van der Waals surface area (Å²) in [6.45, 7) is 8.41. The van der Waals surface area contributed by atoms with Crippen molar-refractivity contribution in [3.63, 3.8) is 0 Å². The lowest BCUT2D eigenvalue weighted by molar-refractivity contribution is 0.129. The van der Waals surface area contributed by atoms with E-state index in [9.17, 15) is 9.90 Å². The van der Waals surface area contributed by atoms with E-state index in [1.54, 1.807) is 11.8 Å². The highest BCUT2D eigenvalue weighted by atomic mass is 16.5. The van der Waals surface area contributed by atoms with Gasteiger partial charge in [0.25, 0.3) is 0 Å². The van der Waals surface area contributed by atoms with Crippen molar-refractivity contribution in [2.45, 2.75) is 39.7 Å². The molecule has 2 N–H and O–H groups in total. The van der Waals surface area contributed by atoms with Crippen molar-refractivity contribution in [1.82, 2.24) is 10.2 Å². The lowest BCUT2D eigenvalue weighted by atomic mass is 10.0. The van der Waals surface area contributed by atoms with Gasteiger partial charge in [0.2, 0.25) is 0 Å². The maximum absolute atomic E-state index is 12.0. The molecule has 2 atom stereocenters. The van der Waals surface area contributed by atoms with Gasteiger partial charge in [-0.3, -0.25) is 0 Å². The predicted octanol–water partition coefficient (Wildman–Crippen LogP) is 2.48. The second-order valence-corrected chi connectivity index (χ2v) is 6.39. The van der Waals surface area contributed by atoms with Crippen molar-refractivity contribution in [2.24, 2.45) is 5.92 Å². The fourth-order valence-corrected chi connectivity index (χ4v) is 2.95. The van der Waals surface area contributed by atoms with Gasteiger partial charge in [0.15, 0.2) is 0 Å². The SMILES string of the molecule is Cc1cccc(C)c1OCCCNC(=O)N1CC[C@H]([C@H](C)O)C1. The summed E-state index contributed by atoms with van der Waals surface area (Å²) in [5.41, 5.74) is 2.27. The number of carbonyl (C=O) groups is 1. The number of aryl methyl sites for hydroxylation is 2. The fourth-order valence-electron chi connectivity index (χ4n) is 2.95. The molecular formula is C18H28N2O3. The Kier molecular flexibility index (Phi) is 6.28. The molecule has 5 nitrogen and oxygen atoms in total. The first-order chi connectivity index (χ1) is 11.0. The molecule has 0 unspecified atom stereocenters. The minimum absolute atomic E-state index is 0.0415. The van der Waals surface area contributed by atoms with Gasteiger partial charge in [-0.25, -0.2) is 4.79 Å². The quantitative estimate of drug-likeness (QED) is 0.792. The smallest absolute Gasteiger partial charge is 0.317 e. The Morgan fingerprint density at radius 1 is 1.43 bits per heavy atom. The predicted molar refractivity (Wildman–Crippen MR) is 90.8 cm³/mol. The van der Waals surface area contributed by atoms with Gasteiger partial charge < -0.3 is 20.1 Å². The van der Waals surface area contributed by atoms with E-state index >= 15 is 0 Å². The lowest BCUT2D eigenvalue weighted by Crippen LogP contribution is -2.39. The van der Waals surface area contributed by atoms with Gasteiger partial charge in [-0.15, -0.1) is 0 Å². The number of benzene rings is 1. The molecule has 1 saturated heterocycles. The van der Waals surface area contributed by atoms with Crippen molar-refractivity contribution in [1.29, 1.82) is 0 Å². The molecule has 5 heteroatoms. The van der Waals surface area contributed by atoms with E-state index in [1.807, 2.05) is 32.0 Å². The largest absolute Gasteiger partial charge is 0.493 e. The number of hydrogen-bond acceptors (Lipinski definition) is 3. The zero-order valence-corrected chi connectivity index (χ0v) is 14.3. The Morgan fingerprint density at radius 3 is 2.74 bits per heavy atom. The summed E-state index contributed by atoms with van der Waals surface area (Å²) in [6, 6.07) is 6.06. The number of para-hydroxylation sites is 1. The van der Waals surface area contributed by atoms with Crippen LogP contribution in [-0.4, -0.2) is 48.4 Å². The maximum Gasteiger partial charge on any atom is 0.317 e. The van der Waals surface area contributed by atoms with Gasteiger partial charge in [-0.05, 0) is 44.7 Å². The summed E-state index contributed by atoms with van der Waals surface area (Å²) < 4.78 is 5.83. The highest BCUT2D eigenvalue weighted by Gasteiger charge is 2.28. The molecule has 1 heterocycles. The maximum atomic E-state index is 12.0. The number of amides is 2. The standard InChI is InChI=1S/C18H28N2O3/c1-13-6-4-7-14(2)17(13)23-11-5-9-19-18(22)20-10-8-16(12-20)15(3)21/h4,6-7,15-16,21H,5,8-12H2,1-3H3,(H,19,22)/t15-,16-/m0/s1. The highest BCUT2D eigenvalue weighted by Crippen LogP contribution is 2.22. The van der Waals surface area contributed by atoms with E-state index in [2.05, 4.69) is 5.32 Å². The molecule has 1 aliphatic heterocycles. The molecule has 0 radical (unpaired) electrons. The number of nitrogens with zero attached hydrogens (tertiary/aromatic N) is 1. The second kappa shape index (κ2) is 8.20. The van der Waals surface area contributed by atoms with Crippen molar-refractivity contribution in [3.8, 4) is 5.75 Å². The molecule has 1 aromatic rings. The minimum atomic E-state index is -0.349. The molecule has 128 valence electrons. The lowest BCUT2D eigenvalue weighted by Gasteiger charge is -2.18. The Bertz CT molecular complexity index is 511.